The highest BCUT2D eigenvalue weighted by molar-refractivity contribution is 5.80. The Morgan fingerprint density at radius 1 is 0.960 bits per heavy atom. The van der Waals surface area contributed by atoms with E-state index in [9.17, 15) is 14.7 Å². The Balaban J connectivity index is 1.84. The first-order chi connectivity index (χ1) is 12.1. The number of carbonyl (C=O) groups excluding carboxylic acids is 1. The standard InChI is InChI=1S/C19H21NO5/c1-14(24-12-15-8-4-2-5-9-15)17(18(21)22)20-19(23)25-13-16-10-6-3-7-11-16/h2-11,14,17H,12-13H2,1H3,(H,20,23)(H,21,22)/t14-,17-/m1/s1. The molecule has 2 atom stereocenters. The van der Waals surface area contributed by atoms with Crippen LogP contribution in [0.4, 0.5) is 4.79 Å². The number of amides is 1. The Hall–Kier alpha value is -2.86. The van der Waals surface area contributed by atoms with Gasteiger partial charge in [-0.25, -0.2) is 9.59 Å². The zero-order chi connectivity index (χ0) is 18.1. The van der Waals surface area contributed by atoms with Crippen LogP contribution in [0.5, 0.6) is 0 Å². The highest BCUT2D eigenvalue weighted by Gasteiger charge is 2.28. The van der Waals surface area contributed by atoms with Crippen molar-refractivity contribution in [2.45, 2.75) is 32.3 Å². The Bertz CT molecular complexity index is 675. The molecule has 25 heavy (non-hydrogen) atoms. The molecule has 0 fully saturated rings. The van der Waals surface area contributed by atoms with Gasteiger partial charge in [0.05, 0.1) is 12.7 Å². The first-order valence-corrected chi connectivity index (χ1v) is 7.92. The number of nitrogens with one attached hydrogen (secondary N) is 1. The molecule has 132 valence electrons. The van der Waals surface area contributed by atoms with Crippen molar-refractivity contribution in [1.82, 2.24) is 5.32 Å². The summed E-state index contributed by atoms with van der Waals surface area (Å²) < 4.78 is 10.6. The molecule has 2 N–H and O–H groups in total. The van der Waals surface area contributed by atoms with Crippen LogP contribution in [0.3, 0.4) is 0 Å². The molecule has 0 aliphatic carbocycles. The molecular formula is C19H21NO5. The highest BCUT2D eigenvalue weighted by atomic mass is 16.5. The van der Waals surface area contributed by atoms with Gasteiger partial charge in [-0.05, 0) is 18.1 Å². The average Bonchev–Trinajstić information content (AvgIpc) is 2.64. The Morgan fingerprint density at radius 2 is 1.48 bits per heavy atom. The Morgan fingerprint density at radius 3 is 2.00 bits per heavy atom. The molecule has 6 heteroatoms. The van der Waals surface area contributed by atoms with Crippen LogP contribution in [-0.4, -0.2) is 29.3 Å². The van der Waals surface area contributed by atoms with Crippen molar-refractivity contribution in [3.05, 3.63) is 71.8 Å². The SMILES string of the molecule is C[C@@H](OCc1ccccc1)[C@@H](NC(=O)OCc1ccccc1)C(=O)O. The first kappa shape index (κ1) is 18.5. The predicted octanol–water partition coefficient (Wildman–Crippen LogP) is 2.97. The van der Waals surface area contributed by atoms with Crippen LogP contribution >= 0.6 is 0 Å². The predicted molar refractivity (Wildman–Crippen MR) is 91.9 cm³/mol. The molecule has 2 aromatic rings. The third-order valence-corrected chi connectivity index (χ3v) is 3.58. The molecular weight excluding hydrogens is 322 g/mol. The van der Waals surface area contributed by atoms with Gasteiger partial charge in [0.1, 0.15) is 6.61 Å². The zero-order valence-corrected chi connectivity index (χ0v) is 13.9. The molecule has 0 aromatic heterocycles. The lowest BCUT2D eigenvalue weighted by Gasteiger charge is -2.21. The average molecular weight is 343 g/mol. The van der Waals surface area contributed by atoms with Gasteiger partial charge in [0.2, 0.25) is 0 Å². The lowest BCUT2D eigenvalue weighted by molar-refractivity contribution is -0.143. The second-order valence-corrected chi connectivity index (χ2v) is 5.52. The first-order valence-electron chi connectivity index (χ1n) is 7.92. The Kier molecular flexibility index (Phi) is 6.98. The summed E-state index contributed by atoms with van der Waals surface area (Å²) in [5.41, 5.74) is 1.74. The van der Waals surface area contributed by atoms with E-state index in [0.717, 1.165) is 11.1 Å². The third kappa shape index (κ3) is 6.27. The summed E-state index contributed by atoms with van der Waals surface area (Å²) >= 11 is 0. The zero-order valence-electron chi connectivity index (χ0n) is 13.9. The summed E-state index contributed by atoms with van der Waals surface area (Å²) in [4.78, 5) is 23.3. The minimum absolute atomic E-state index is 0.0677. The molecule has 0 heterocycles. The monoisotopic (exact) mass is 343 g/mol. The van der Waals surface area contributed by atoms with Crippen molar-refractivity contribution in [2.24, 2.45) is 0 Å². The van der Waals surface area contributed by atoms with Crippen LogP contribution in [0, 0.1) is 0 Å². The van der Waals surface area contributed by atoms with Gasteiger partial charge in [0.25, 0.3) is 0 Å². The van der Waals surface area contributed by atoms with Gasteiger partial charge < -0.3 is 19.9 Å². The number of carbonyl (C=O) groups is 2. The van der Waals surface area contributed by atoms with E-state index in [1.165, 1.54) is 0 Å². The smallest absolute Gasteiger partial charge is 0.408 e. The number of benzene rings is 2. The number of carboxylic acids is 1. The summed E-state index contributed by atoms with van der Waals surface area (Å²) in [5, 5.41) is 11.7. The van der Waals surface area contributed by atoms with Crippen molar-refractivity contribution in [3.63, 3.8) is 0 Å². The van der Waals surface area contributed by atoms with E-state index in [1.54, 1.807) is 6.92 Å². The van der Waals surface area contributed by atoms with Crippen LogP contribution < -0.4 is 5.32 Å². The molecule has 0 aliphatic heterocycles. The van der Waals surface area contributed by atoms with Crippen molar-refractivity contribution < 1.29 is 24.2 Å². The van der Waals surface area contributed by atoms with Crippen LogP contribution in [-0.2, 0) is 27.5 Å². The molecule has 0 radical (unpaired) electrons. The van der Waals surface area contributed by atoms with E-state index in [-0.39, 0.29) is 13.2 Å². The van der Waals surface area contributed by atoms with Crippen LogP contribution in [0.15, 0.2) is 60.7 Å². The molecule has 2 rings (SSSR count). The molecule has 0 saturated heterocycles. The summed E-state index contributed by atoms with van der Waals surface area (Å²) in [7, 11) is 0. The summed E-state index contributed by atoms with van der Waals surface area (Å²) in [6.07, 6.45) is -1.52. The third-order valence-electron chi connectivity index (χ3n) is 3.58. The summed E-state index contributed by atoms with van der Waals surface area (Å²) in [6, 6.07) is 17.3. The van der Waals surface area contributed by atoms with Crippen molar-refractivity contribution in [1.29, 1.82) is 0 Å². The number of hydrogen-bond donors (Lipinski definition) is 2. The normalized spacial score (nSPS) is 12.8. The van der Waals surface area contributed by atoms with Crippen molar-refractivity contribution >= 4 is 12.1 Å². The number of aliphatic carboxylic acids is 1. The quantitative estimate of drug-likeness (QED) is 0.770. The molecule has 0 bridgehead atoms. The fourth-order valence-electron chi connectivity index (χ4n) is 2.17. The number of rotatable bonds is 8. The second kappa shape index (κ2) is 9.44. The summed E-state index contributed by atoms with van der Waals surface area (Å²) in [6.45, 7) is 1.92. The fourth-order valence-corrected chi connectivity index (χ4v) is 2.17. The number of ether oxygens (including phenoxy) is 2. The number of hydrogen-bond acceptors (Lipinski definition) is 4. The molecule has 1 amide bonds. The lowest BCUT2D eigenvalue weighted by Crippen LogP contribution is -2.48. The van der Waals surface area contributed by atoms with Crippen LogP contribution in [0.1, 0.15) is 18.1 Å². The fraction of sp³-hybridized carbons (Fsp3) is 0.263. The molecule has 0 saturated carbocycles. The second-order valence-electron chi connectivity index (χ2n) is 5.52. The topological polar surface area (TPSA) is 84.9 Å². The number of alkyl carbamates (subject to hydrolysis) is 1. The van der Waals surface area contributed by atoms with Gasteiger partial charge in [-0.1, -0.05) is 60.7 Å². The van der Waals surface area contributed by atoms with E-state index >= 15 is 0 Å². The van der Waals surface area contributed by atoms with Gasteiger partial charge in [0.15, 0.2) is 6.04 Å². The maximum Gasteiger partial charge on any atom is 0.408 e. The van der Waals surface area contributed by atoms with Crippen molar-refractivity contribution in [2.75, 3.05) is 0 Å². The van der Waals surface area contributed by atoms with E-state index in [2.05, 4.69) is 5.32 Å². The van der Waals surface area contributed by atoms with Gasteiger partial charge in [-0.15, -0.1) is 0 Å². The molecule has 0 spiro atoms. The van der Waals surface area contributed by atoms with E-state index in [1.807, 2.05) is 60.7 Å². The van der Waals surface area contributed by atoms with Crippen molar-refractivity contribution in [3.8, 4) is 0 Å². The van der Waals surface area contributed by atoms with Gasteiger partial charge in [0, 0.05) is 0 Å². The maximum atomic E-state index is 11.9. The Labute approximate surface area is 146 Å². The molecule has 2 aromatic carbocycles. The van der Waals surface area contributed by atoms with E-state index in [0.29, 0.717) is 0 Å². The van der Waals surface area contributed by atoms with Crippen LogP contribution in [0.2, 0.25) is 0 Å². The highest BCUT2D eigenvalue weighted by Crippen LogP contribution is 2.07. The summed E-state index contributed by atoms with van der Waals surface area (Å²) in [5.74, 6) is -1.18. The maximum absolute atomic E-state index is 11.9. The minimum atomic E-state index is -1.20. The van der Waals surface area contributed by atoms with E-state index in [4.69, 9.17) is 9.47 Å². The van der Waals surface area contributed by atoms with Gasteiger partial charge in [-0.2, -0.15) is 0 Å². The molecule has 0 unspecified atom stereocenters. The number of carboxylic acid groups (broad SMARTS) is 1. The molecule has 6 nitrogen and oxygen atoms in total. The molecule has 0 aliphatic rings. The largest absolute Gasteiger partial charge is 0.480 e. The minimum Gasteiger partial charge on any atom is -0.480 e. The van der Waals surface area contributed by atoms with Gasteiger partial charge >= 0.3 is 12.1 Å². The van der Waals surface area contributed by atoms with Crippen LogP contribution in [0.25, 0.3) is 0 Å². The lowest BCUT2D eigenvalue weighted by atomic mass is 10.2. The van der Waals surface area contributed by atoms with Gasteiger partial charge in [-0.3, -0.25) is 0 Å². The van der Waals surface area contributed by atoms with E-state index < -0.39 is 24.2 Å².